The molecule has 1 unspecified atom stereocenters. The molecule has 0 radical (unpaired) electrons. The van der Waals surface area contributed by atoms with Gasteiger partial charge < -0.3 is 10.1 Å². The van der Waals surface area contributed by atoms with Gasteiger partial charge in [-0.1, -0.05) is 18.2 Å². The second-order valence-electron chi connectivity index (χ2n) is 5.98. The van der Waals surface area contributed by atoms with E-state index in [1.165, 1.54) is 6.07 Å². The predicted octanol–water partition coefficient (Wildman–Crippen LogP) is 3.88. The van der Waals surface area contributed by atoms with Gasteiger partial charge in [-0.25, -0.2) is 4.39 Å². The fourth-order valence-electron chi connectivity index (χ4n) is 1.81. The summed E-state index contributed by atoms with van der Waals surface area (Å²) in [6, 6.07) is 6.07. The molecule has 0 aromatic heterocycles. The van der Waals surface area contributed by atoms with E-state index in [0.717, 1.165) is 0 Å². The molecule has 2 nitrogen and oxygen atoms in total. The van der Waals surface area contributed by atoms with Crippen LogP contribution in [-0.2, 0) is 4.74 Å². The molecule has 120 valence electrons. The summed E-state index contributed by atoms with van der Waals surface area (Å²) in [6.45, 7) is 4.62. The van der Waals surface area contributed by atoms with Crippen molar-refractivity contribution >= 4 is 0 Å². The number of alkyl halides is 3. The van der Waals surface area contributed by atoms with Crippen molar-refractivity contribution in [2.45, 2.75) is 38.4 Å². The van der Waals surface area contributed by atoms with Gasteiger partial charge in [0.25, 0.3) is 0 Å². The first-order chi connectivity index (χ1) is 9.58. The maximum Gasteiger partial charge on any atom is 0.411 e. The van der Waals surface area contributed by atoms with Gasteiger partial charge in [-0.2, -0.15) is 13.2 Å². The summed E-state index contributed by atoms with van der Waals surface area (Å²) in [4.78, 5) is 0. The van der Waals surface area contributed by atoms with E-state index >= 15 is 0 Å². The maximum absolute atomic E-state index is 13.8. The molecular weight excluding hydrogens is 286 g/mol. The van der Waals surface area contributed by atoms with Crippen molar-refractivity contribution < 1.29 is 22.3 Å². The number of nitrogens with one attached hydrogen (secondary N) is 1. The van der Waals surface area contributed by atoms with Crippen molar-refractivity contribution in [2.24, 2.45) is 0 Å². The lowest BCUT2D eigenvalue weighted by Gasteiger charge is -2.26. The van der Waals surface area contributed by atoms with Crippen molar-refractivity contribution in [3.05, 3.63) is 35.6 Å². The van der Waals surface area contributed by atoms with Crippen LogP contribution in [0, 0.1) is 5.82 Å². The third-order valence-electron chi connectivity index (χ3n) is 2.81. The van der Waals surface area contributed by atoms with Crippen molar-refractivity contribution in [1.29, 1.82) is 0 Å². The van der Waals surface area contributed by atoms with Gasteiger partial charge in [-0.3, -0.25) is 0 Å². The van der Waals surface area contributed by atoms with E-state index in [9.17, 15) is 17.6 Å². The molecule has 0 fully saturated rings. The van der Waals surface area contributed by atoms with Crippen LogP contribution in [0.5, 0.6) is 0 Å². The van der Waals surface area contributed by atoms with Crippen molar-refractivity contribution in [2.75, 3.05) is 19.8 Å². The topological polar surface area (TPSA) is 21.3 Å². The first-order valence-corrected chi connectivity index (χ1v) is 6.72. The molecule has 1 aromatic carbocycles. The minimum Gasteiger partial charge on any atom is -0.371 e. The molecule has 0 aliphatic rings. The standard InChI is InChI=1S/C15H21F4NO/c1-14(2,3)20-8-11(9-21-10-15(17,18)19)12-6-4-5-7-13(12)16/h4-7,11,20H,8-10H2,1-3H3. The van der Waals surface area contributed by atoms with Crippen LogP contribution in [0.25, 0.3) is 0 Å². The average Bonchev–Trinajstić information content (AvgIpc) is 2.32. The first kappa shape index (κ1) is 17.9. The Morgan fingerprint density at radius 1 is 1.14 bits per heavy atom. The third-order valence-corrected chi connectivity index (χ3v) is 2.81. The highest BCUT2D eigenvalue weighted by molar-refractivity contribution is 5.22. The van der Waals surface area contributed by atoms with Gasteiger partial charge in [0.1, 0.15) is 12.4 Å². The lowest BCUT2D eigenvalue weighted by Crippen LogP contribution is -2.39. The Balaban J connectivity index is 2.73. The van der Waals surface area contributed by atoms with E-state index < -0.39 is 24.5 Å². The van der Waals surface area contributed by atoms with Crippen LogP contribution in [0.15, 0.2) is 24.3 Å². The van der Waals surface area contributed by atoms with Crippen LogP contribution in [0.2, 0.25) is 0 Å². The summed E-state index contributed by atoms with van der Waals surface area (Å²) in [5, 5.41) is 3.17. The molecule has 1 rings (SSSR count). The number of rotatable bonds is 6. The van der Waals surface area contributed by atoms with Gasteiger partial charge in [0.05, 0.1) is 6.61 Å². The minimum atomic E-state index is -4.38. The predicted molar refractivity (Wildman–Crippen MR) is 73.8 cm³/mol. The molecule has 1 N–H and O–H groups in total. The maximum atomic E-state index is 13.8. The second-order valence-corrected chi connectivity index (χ2v) is 5.98. The van der Waals surface area contributed by atoms with Crippen LogP contribution < -0.4 is 5.32 Å². The molecule has 0 aliphatic carbocycles. The van der Waals surface area contributed by atoms with E-state index in [2.05, 4.69) is 5.32 Å². The molecule has 0 aliphatic heterocycles. The Labute approximate surface area is 122 Å². The highest BCUT2D eigenvalue weighted by Crippen LogP contribution is 2.22. The van der Waals surface area contributed by atoms with Crippen LogP contribution in [-0.4, -0.2) is 31.5 Å². The van der Waals surface area contributed by atoms with E-state index in [-0.39, 0.29) is 12.1 Å². The molecular formula is C15H21F4NO. The van der Waals surface area contributed by atoms with Gasteiger partial charge >= 0.3 is 6.18 Å². The molecule has 21 heavy (non-hydrogen) atoms. The Hall–Kier alpha value is -1.14. The quantitative estimate of drug-likeness (QED) is 0.805. The molecule has 0 saturated carbocycles. The number of halogens is 4. The molecule has 1 aromatic rings. The summed E-state index contributed by atoms with van der Waals surface area (Å²) in [5.41, 5.74) is 0.143. The normalized spacial score (nSPS) is 14.2. The van der Waals surface area contributed by atoms with Crippen molar-refractivity contribution in [3.63, 3.8) is 0 Å². The van der Waals surface area contributed by atoms with E-state index in [1.54, 1.807) is 18.2 Å². The molecule has 0 amide bonds. The van der Waals surface area contributed by atoms with Crippen molar-refractivity contribution in [1.82, 2.24) is 5.32 Å². The zero-order valence-corrected chi connectivity index (χ0v) is 12.4. The number of ether oxygens (including phenoxy) is 1. The van der Waals surface area contributed by atoms with E-state index in [4.69, 9.17) is 4.74 Å². The third kappa shape index (κ3) is 7.43. The average molecular weight is 307 g/mol. The summed E-state index contributed by atoms with van der Waals surface area (Å²) in [7, 11) is 0. The lowest BCUT2D eigenvalue weighted by atomic mass is 9.97. The van der Waals surface area contributed by atoms with Gasteiger partial charge in [0.15, 0.2) is 0 Å². The van der Waals surface area contributed by atoms with Gasteiger partial charge in [0.2, 0.25) is 0 Å². The molecule has 0 saturated heterocycles. The summed E-state index contributed by atoms with van der Waals surface area (Å²) in [6.07, 6.45) is -4.38. The van der Waals surface area contributed by atoms with Crippen molar-refractivity contribution in [3.8, 4) is 0 Å². The second kappa shape index (κ2) is 7.22. The number of hydrogen-bond donors (Lipinski definition) is 1. The minimum absolute atomic E-state index is 0.191. The highest BCUT2D eigenvalue weighted by atomic mass is 19.4. The Bertz CT molecular complexity index is 440. The monoisotopic (exact) mass is 307 g/mol. The fourth-order valence-corrected chi connectivity index (χ4v) is 1.81. The van der Waals surface area contributed by atoms with Gasteiger partial charge in [-0.15, -0.1) is 0 Å². The molecule has 1 atom stereocenters. The number of benzene rings is 1. The molecule has 6 heteroatoms. The zero-order valence-electron chi connectivity index (χ0n) is 12.4. The van der Waals surface area contributed by atoms with Crippen LogP contribution in [0.1, 0.15) is 32.3 Å². The van der Waals surface area contributed by atoms with Crippen LogP contribution >= 0.6 is 0 Å². The summed E-state index contributed by atoms with van der Waals surface area (Å²) < 4.78 is 55.0. The molecule has 0 spiro atoms. The van der Waals surface area contributed by atoms with Crippen LogP contribution in [0.3, 0.4) is 0 Å². The summed E-state index contributed by atoms with van der Waals surface area (Å²) >= 11 is 0. The fraction of sp³-hybridized carbons (Fsp3) is 0.600. The summed E-state index contributed by atoms with van der Waals surface area (Å²) in [5.74, 6) is -0.915. The van der Waals surface area contributed by atoms with Gasteiger partial charge in [-0.05, 0) is 32.4 Å². The Morgan fingerprint density at radius 2 is 1.76 bits per heavy atom. The van der Waals surface area contributed by atoms with E-state index in [1.807, 2.05) is 20.8 Å². The largest absolute Gasteiger partial charge is 0.411 e. The van der Waals surface area contributed by atoms with Crippen LogP contribution in [0.4, 0.5) is 17.6 Å². The van der Waals surface area contributed by atoms with Gasteiger partial charge in [0, 0.05) is 18.0 Å². The SMILES string of the molecule is CC(C)(C)NCC(COCC(F)(F)F)c1ccccc1F. The Morgan fingerprint density at radius 3 is 2.29 bits per heavy atom. The number of hydrogen-bond acceptors (Lipinski definition) is 2. The highest BCUT2D eigenvalue weighted by Gasteiger charge is 2.28. The first-order valence-electron chi connectivity index (χ1n) is 6.72. The zero-order chi connectivity index (χ0) is 16.1. The molecule has 0 heterocycles. The van der Waals surface area contributed by atoms with E-state index in [0.29, 0.717) is 12.1 Å². The smallest absolute Gasteiger partial charge is 0.371 e. The lowest BCUT2D eigenvalue weighted by molar-refractivity contribution is -0.175. The molecule has 0 bridgehead atoms. The Kier molecular flexibility index (Phi) is 6.16.